The van der Waals surface area contributed by atoms with Gasteiger partial charge in [-0.15, -0.1) is 0 Å². The normalized spacial score (nSPS) is 14.0. The summed E-state index contributed by atoms with van der Waals surface area (Å²) in [5.41, 5.74) is 4.71. The molecule has 132 valence electrons. The Hall–Kier alpha value is -2.72. The van der Waals surface area contributed by atoms with E-state index in [1.54, 1.807) is 0 Å². The van der Waals surface area contributed by atoms with Crippen molar-refractivity contribution in [3.63, 3.8) is 0 Å². The first-order chi connectivity index (χ1) is 12.8. The van der Waals surface area contributed by atoms with E-state index in [0.717, 1.165) is 43.2 Å². The first-order valence-electron chi connectivity index (χ1n) is 9.16. The van der Waals surface area contributed by atoms with Gasteiger partial charge in [-0.1, -0.05) is 48.5 Å². The van der Waals surface area contributed by atoms with Crippen LogP contribution in [-0.4, -0.2) is 28.0 Å². The predicted molar refractivity (Wildman–Crippen MR) is 103 cm³/mol. The number of fused-ring (bicyclic) bond motifs is 1. The van der Waals surface area contributed by atoms with Crippen LogP contribution >= 0.6 is 0 Å². The van der Waals surface area contributed by atoms with Crippen molar-refractivity contribution in [2.24, 2.45) is 0 Å². The predicted octanol–water partition coefficient (Wildman–Crippen LogP) is 4.10. The minimum atomic E-state index is 0.690. The first-order valence-corrected chi connectivity index (χ1v) is 9.16. The van der Waals surface area contributed by atoms with Crippen LogP contribution < -0.4 is 4.74 Å². The first kappa shape index (κ1) is 16.7. The van der Waals surface area contributed by atoms with Gasteiger partial charge in [-0.3, -0.25) is 4.90 Å². The van der Waals surface area contributed by atoms with Crippen molar-refractivity contribution >= 4 is 0 Å². The fourth-order valence-electron chi connectivity index (χ4n) is 3.41. The lowest BCUT2D eigenvalue weighted by atomic mass is 10.1. The summed E-state index contributed by atoms with van der Waals surface area (Å²) >= 11 is 0. The molecule has 0 radical (unpaired) electrons. The van der Waals surface area contributed by atoms with Crippen LogP contribution in [0.1, 0.15) is 23.7 Å². The maximum absolute atomic E-state index is 5.76. The molecule has 0 saturated carbocycles. The van der Waals surface area contributed by atoms with Crippen LogP contribution in [-0.2, 0) is 19.5 Å². The van der Waals surface area contributed by atoms with E-state index in [4.69, 9.17) is 9.72 Å². The summed E-state index contributed by atoms with van der Waals surface area (Å²) in [6.07, 6.45) is 2.94. The Balaban J connectivity index is 1.50. The van der Waals surface area contributed by atoms with Crippen LogP contribution in [0.3, 0.4) is 0 Å². The Morgan fingerprint density at radius 1 is 1.04 bits per heavy atom. The lowest BCUT2D eigenvalue weighted by Crippen LogP contribution is -2.31. The zero-order valence-corrected chi connectivity index (χ0v) is 15.1. The number of para-hydroxylation sites is 1. The van der Waals surface area contributed by atoms with Crippen LogP contribution in [0.5, 0.6) is 5.75 Å². The average molecular weight is 345 g/mol. The van der Waals surface area contributed by atoms with E-state index in [9.17, 15) is 0 Å². The highest BCUT2D eigenvalue weighted by molar-refractivity contribution is 5.54. The minimum absolute atomic E-state index is 0.690. The molecule has 0 amide bonds. The van der Waals surface area contributed by atoms with Gasteiger partial charge in [0.1, 0.15) is 5.75 Å². The maximum Gasteiger partial charge on any atom is 0.159 e. The van der Waals surface area contributed by atoms with Crippen LogP contribution in [0.15, 0.2) is 60.8 Å². The lowest BCUT2D eigenvalue weighted by molar-refractivity contribution is 0.237. The van der Waals surface area contributed by atoms with E-state index in [1.165, 1.54) is 16.8 Å². The van der Waals surface area contributed by atoms with E-state index >= 15 is 0 Å². The van der Waals surface area contributed by atoms with Crippen molar-refractivity contribution in [2.45, 2.75) is 26.4 Å². The number of aromatic nitrogens is 2. The number of hydrogen-bond donors (Lipinski definition) is 0. The largest absolute Gasteiger partial charge is 0.494 e. The van der Waals surface area contributed by atoms with Gasteiger partial charge in [0, 0.05) is 48.9 Å². The Bertz CT molecular complexity index is 880. The molecule has 0 spiro atoms. The summed E-state index contributed by atoms with van der Waals surface area (Å²) in [6, 6.07) is 18.5. The van der Waals surface area contributed by atoms with Crippen molar-refractivity contribution in [1.29, 1.82) is 0 Å². The monoisotopic (exact) mass is 345 g/mol. The molecule has 1 aliphatic heterocycles. The average Bonchev–Trinajstić information content (AvgIpc) is 2.70. The molecule has 0 N–H and O–H groups in total. The van der Waals surface area contributed by atoms with Crippen molar-refractivity contribution in [3.8, 4) is 17.1 Å². The second-order valence-corrected chi connectivity index (χ2v) is 6.53. The Morgan fingerprint density at radius 3 is 2.69 bits per heavy atom. The third-order valence-corrected chi connectivity index (χ3v) is 4.71. The summed E-state index contributed by atoms with van der Waals surface area (Å²) in [5.74, 6) is 1.80. The lowest BCUT2D eigenvalue weighted by Gasteiger charge is -2.28. The quantitative estimate of drug-likeness (QED) is 0.698. The summed E-state index contributed by atoms with van der Waals surface area (Å²) < 4.78 is 5.76. The summed E-state index contributed by atoms with van der Waals surface area (Å²) in [6.45, 7) is 5.48. The van der Waals surface area contributed by atoms with Crippen molar-refractivity contribution < 1.29 is 4.74 Å². The molecule has 0 atom stereocenters. The van der Waals surface area contributed by atoms with Gasteiger partial charge in [0.15, 0.2) is 5.82 Å². The molecule has 0 fully saturated rings. The second-order valence-electron chi connectivity index (χ2n) is 6.53. The molecule has 4 rings (SSSR count). The van der Waals surface area contributed by atoms with Crippen LogP contribution in [0.25, 0.3) is 11.4 Å². The van der Waals surface area contributed by atoms with Gasteiger partial charge in [0.05, 0.1) is 12.3 Å². The standard InChI is InChI=1S/C22H23N3O/c1-2-26-21-11-7-6-10-18(21)15-25-13-12-20-19(16-25)14-23-22(24-20)17-8-4-3-5-9-17/h3-11,14H,2,12-13,15-16H2,1H3. The third kappa shape index (κ3) is 3.60. The Labute approximate surface area is 154 Å². The van der Waals surface area contributed by atoms with Gasteiger partial charge in [0.25, 0.3) is 0 Å². The van der Waals surface area contributed by atoms with E-state index in [0.29, 0.717) is 6.61 Å². The topological polar surface area (TPSA) is 38.2 Å². The number of benzene rings is 2. The molecule has 3 aromatic rings. The number of ether oxygens (including phenoxy) is 1. The van der Waals surface area contributed by atoms with Crippen LogP contribution in [0.2, 0.25) is 0 Å². The molecule has 4 nitrogen and oxygen atoms in total. The van der Waals surface area contributed by atoms with Gasteiger partial charge >= 0.3 is 0 Å². The van der Waals surface area contributed by atoms with Gasteiger partial charge in [-0.2, -0.15) is 0 Å². The van der Waals surface area contributed by atoms with Crippen LogP contribution in [0.4, 0.5) is 0 Å². The van der Waals surface area contributed by atoms with Crippen molar-refractivity contribution in [3.05, 3.63) is 77.6 Å². The molecular weight excluding hydrogens is 322 g/mol. The SMILES string of the molecule is CCOc1ccccc1CN1CCc2nc(-c3ccccc3)ncc2C1. The molecule has 26 heavy (non-hydrogen) atoms. The minimum Gasteiger partial charge on any atom is -0.494 e. The molecule has 4 heteroatoms. The highest BCUT2D eigenvalue weighted by Crippen LogP contribution is 2.25. The number of hydrogen-bond acceptors (Lipinski definition) is 4. The summed E-state index contributed by atoms with van der Waals surface area (Å²) in [5, 5.41) is 0. The Kier molecular flexibility index (Phi) is 4.93. The van der Waals surface area contributed by atoms with Crippen LogP contribution in [0, 0.1) is 0 Å². The molecule has 0 saturated heterocycles. The molecule has 0 aliphatic carbocycles. The van der Waals surface area contributed by atoms with Gasteiger partial charge < -0.3 is 4.74 Å². The highest BCUT2D eigenvalue weighted by atomic mass is 16.5. The van der Waals surface area contributed by atoms with E-state index < -0.39 is 0 Å². The number of nitrogens with zero attached hydrogens (tertiary/aromatic N) is 3. The van der Waals surface area contributed by atoms with E-state index in [1.807, 2.05) is 43.5 Å². The van der Waals surface area contributed by atoms with Gasteiger partial charge in [0.2, 0.25) is 0 Å². The van der Waals surface area contributed by atoms with Gasteiger partial charge in [-0.25, -0.2) is 9.97 Å². The second kappa shape index (κ2) is 7.67. The smallest absolute Gasteiger partial charge is 0.159 e. The summed E-state index contributed by atoms with van der Waals surface area (Å²) in [7, 11) is 0. The zero-order valence-electron chi connectivity index (χ0n) is 15.1. The highest BCUT2D eigenvalue weighted by Gasteiger charge is 2.20. The van der Waals surface area contributed by atoms with Crippen molar-refractivity contribution in [2.75, 3.05) is 13.2 Å². The molecule has 0 bridgehead atoms. The molecular formula is C22H23N3O. The molecule has 1 aliphatic rings. The van der Waals surface area contributed by atoms with E-state index in [2.05, 4.69) is 34.1 Å². The third-order valence-electron chi connectivity index (χ3n) is 4.71. The van der Waals surface area contributed by atoms with Gasteiger partial charge in [-0.05, 0) is 13.0 Å². The number of rotatable bonds is 5. The molecule has 0 unspecified atom stereocenters. The summed E-state index contributed by atoms with van der Waals surface area (Å²) in [4.78, 5) is 11.8. The fourth-order valence-corrected chi connectivity index (χ4v) is 3.41. The Morgan fingerprint density at radius 2 is 1.85 bits per heavy atom. The maximum atomic E-state index is 5.76. The van der Waals surface area contributed by atoms with E-state index in [-0.39, 0.29) is 0 Å². The zero-order chi connectivity index (χ0) is 17.8. The molecule has 1 aromatic heterocycles. The molecule has 2 heterocycles. The van der Waals surface area contributed by atoms with Crippen molar-refractivity contribution in [1.82, 2.24) is 14.9 Å². The molecule has 2 aromatic carbocycles. The fraction of sp³-hybridized carbons (Fsp3) is 0.273.